The second-order valence-corrected chi connectivity index (χ2v) is 7.46. The maximum atomic E-state index is 11.5. The van der Waals surface area contributed by atoms with E-state index in [2.05, 4.69) is 98.6 Å². The van der Waals surface area contributed by atoms with E-state index in [9.17, 15) is 4.79 Å². The Balaban J connectivity index is 2.19. The number of carbonyl (C=O) groups is 1. The Bertz CT molecular complexity index is 768. The molecule has 114 valence electrons. The highest BCUT2D eigenvalue weighted by atomic mass is 127. The van der Waals surface area contributed by atoms with Crippen molar-refractivity contribution in [1.29, 1.82) is 0 Å². The lowest BCUT2D eigenvalue weighted by Crippen LogP contribution is -2.12. The van der Waals surface area contributed by atoms with E-state index >= 15 is 0 Å². The summed E-state index contributed by atoms with van der Waals surface area (Å²) in [6, 6.07) is 24.2. The van der Waals surface area contributed by atoms with Crippen LogP contribution in [0.1, 0.15) is 10.4 Å². The van der Waals surface area contributed by atoms with Gasteiger partial charge in [-0.15, -0.1) is 0 Å². The molecule has 3 aromatic rings. The summed E-state index contributed by atoms with van der Waals surface area (Å²) in [5, 5.41) is 0. The Morgan fingerprint density at radius 1 is 0.696 bits per heavy atom. The zero-order valence-electron chi connectivity index (χ0n) is 12.1. The summed E-state index contributed by atoms with van der Waals surface area (Å²) < 4.78 is 2.36. The molecule has 0 fully saturated rings. The molecule has 0 bridgehead atoms. The van der Waals surface area contributed by atoms with Gasteiger partial charge in [0.05, 0.1) is 5.69 Å². The predicted molar refractivity (Wildman–Crippen MR) is 112 cm³/mol. The van der Waals surface area contributed by atoms with Crippen molar-refractivity contribution in [3.05, 3.63) is 85.5 Å². The number of anilines is 3. The molecule has 0 atom stereocenters. The molecule has 0 saturated carbocycles. The standard InChI is InChI=1S/C19H13I2NO/c20-15-5-9-17(10-6-15)22(18-11-7-16(21)8-12-18)19-4-2-1-3-14(19)13-23/h1-13H. The molecule has 0 spiro atoms. The van der Waals surface area contributed by atoms with Crippen LogP contribution in [0.5, 0.6) is 0 Å². The van der Waals surface area contributed by atoms with Crippen LogP contribution in [0.2, 0.25) is 0 Å². The number of carbonyl (C=O) groups excluding carboxylic acids is 1. The molecule has 0 amide bonds. The van der Waals surface area contributed by atoms with Gasteiger partial charge in [-0.2, -0.15) is 0 Å². The Morgan fingerprint density at radius 3 is 1.65 bits per heavy atom. The third-order valence-electron chi connectivity index (χ3n) is 3.47. The SMILES string of the molecule is O=Cc1ccccc1N(c1ccc(I)cc1)c1ccc(I)cc1. The fourth-order valence-corrected chi connectivity index (χ4v) is 3.12. The first-order valence-electron chi connectivity index (χ1n) is 7.04. The zero-order valence-corrected chi connectivity index (χ0v) is 16.4. The lowest BCUT2D eigenvalue weighted by molar-refractivity contribution is 0.112. The summed E-state index contributed by atoms with van der Waals surface area (Å²) in [5.41, 5.74) is 3.61. The van der Waals surface area contributed by atoms with Crippen LogP contribution in [0.4, 0.5) is 17.1 Å². The maximum absolute atomic E-state index is 11.5. The van der Waals surface area contributed by atoms with Gasteiger partial charge in [-0.25, -0.2) is 0 Å². The summed E-state index contributed by atoms with van der Waals surface area (Å²) in [6.07, 6.45) is 0.904. The molecule has 0 aliphatic heterocycles. The first-order chi connectivity index (χ1) is 11.2. The number of halogens is 2. The molecule has 0 saturated heterocycles. The van der Waals surface area contributed by atoms with E-state index in [-0.39, 0.29) is 0 Å². The Kier molecular flexibility index (Phi) is 5.32. The van der Waals surface area contributed by atoms with E-state index in [1.165, 1.54) is 7.14 Å². The van der Waals surface area contributed by atoms with Gasteiger partial charge in [-0.1, -0.05) is 12.1 Å². The summed E-state index contributed by atoms with van der Waals surface area (Å²) in [5.74, 6) is 0. The van der Waals surface area contributed by atoms with Gasteiger partial charge in [0.15, 0.2) is 6.29 Å². The van der Waals surface area contributed by atoms with Crippen LogP contribution in [0.25, 0.3) is 0 Å². The molecule has 23 heavy (non-hydrogen) atoms. The number of benzene rings is 3. The highest BCUT2D eigenvalue weighted by molar-refractivity contribution is 14.1. The molecule has 0 aliphatic rings. The van der Waals surface area contributed by atoms with E-state index in [4.69, 9.17) is 0 Å². The summed E-state index contributed by atoms with van der Waals surface area (Å²) in [4.78, 5) is 13.6. The van der Waals surface area contributed by atoms with Gasteiger partial charge in [0.2, 0.25) is 0 Å². The molecular formula is C19H13I2NO. The lowest BCUT2D eigenvalue weighted by atomic mass is 10.1. The third kappa shape index (κ3) is 3.74. The molecule has 3 rings (SSSR count). The van der Waals surface area contributed by atoms with Crippen LogP contribution in [0.15, 0.2) is 72.8 Å². The van der Waals surface area contributed by atoms with Gasteiger partial charge >= 0.3 is 0 Å². The van der Waals surface area contributed by atoms with Crippen molar-refractivity contribution >= 4 is 68.5 Å². The normalized spacial score (nSPS) is 10.3. The van der Waals surface area contributed by atoms with Gasteiger partial charge in [0, 0.05) is 24.1 Å². The van der Waals surface area contributed by atoms with E-state index in [1.807, 2.05) is 24.3 Å². The average molecular weight is 525 g/mol. The van der Waals surface area contributed by atoms with Crippen molar-refractivity contribution in [3.63, 3.8) is 0 Å². The molecular weight excluding hydrogens is 512 g/mol. The van der Waals surface area contributed by atoms with Crippen LogP contribution in [0, 0.1) is 7.14 Å². The largest absolute Gasteiger partial charge is 0.310 e. The van der Waals surface area contributed by atoms with Crippen molar-refractivity contribution in [3.8, 4) is 0 Å². The highest BCUT2D eigenvalue weighted by Gasteiger charge is 2.15. The Labute approximate surface area is 162 Å². The molecule has 4 heteroatoms. The smallest absolute Gasteiger partial charge is 0.152 e. The molecule has 3 aromatic carbocycles. The first kappa shape index (κ1) is 16.4. The monoisotopic (exact) mass is 525 g/mol. The van der Waals surface area contributed by atoms with Crippen LogP contribution in [-0.2, 0) is 0 Å². The van der Waals surface area contributed by atoms with Gasteiger partial charge in [-0.3, -0.25) is 4.79 Å². The van der Waals surface area contributed by atoms with Gasteiger partial charge in [-0.05, 0) is 106 Å². The number of para-hydroxylation sites is 1. The predicted octanol–water partition coefficient (Wildman–Crippen LogP) is 6.18. The zero-order chi connectivity index (χ0) is 16.2. The molecule has 0 heterocycles. The lowest BCUT2D eigenvalue weighted by Gasteiger charge is -2.26. The first-order valence-corrected chi connectivity index (χ1v) is 9.20. The van der Waals surface area contributed by atoms with Crippen molar-refractivity contribution in [2.45, 2.75) is 0 Å². The van der Waals surface area contributed by atoms with Crippen molar-refractivity contribution in [2.75, 3.05) is 4.90 Å². The summed E-state index contributed by atoms with van der Waals surface area (Å²) in [7, 11) is 0. The molecule has 0 unspecified atom stereocenters. The Morgan fingerprint density at radius 2 is 1.17 bits per heavy atom. The number of nitrogens with zero attached hydrogens (tertiary/aromatic N) is 1. The van der Waals surface area contributed by atoms with Crippen molar-refractivity contribution < 1.29 is 4.79 Å². The molecule has 0 N–H and O–H groups in total. The Hall–Kier alpha value is -1.41. The van der Waals surface area contributed by atoms with Crippen molar-refractivity contribution in [2.24, 2.45) is 0 Å². The molecule has 2 nitrogen and oxygen atoms in total. The minimum absolute atomic E-state index is 0.671. The molecule has 0 aliphatic carbocycles. The fraction of sp³-hybridized carbons (Fsp3) is 0. The molecule has 0 radical (unpaired) electrons. The van der Waals surface area contributed by atoms with Gasteiger partial charge in [0.25, 0.3) is 0 Å². The molecule has 0 aromatic heterocycles. The van der Waals surface area contributed by atoms with Crippen molar-refractivity contribution in [1.82, 2.24) is 0 Å². The third-order valence-corrected chi connectivity index (χ3v) is 4.91. The van der Waals surface area contributed by atoms with E-state index in [0.717, 1.165) is 23.3 Å². The minimum atomic E-state index is 0.671. The minimum Gasteiger partial charge on any atom is -0.310 e. The van der Waals surface area contributed by atoms with Gasteiger partial charge < -0.3 is 4.90 Å². The summed E-state index contributed by atoms with van der Waals surface area (Å²) >= 11 is 4.58. The van der Waals surface area contributed by atoms with E-state index < -0.39 is 0 Å². The second kappa shape index (κ2) is 7.44. The topological polar surface area (TPSA) is 20.3 Å². The van der Waals surface area contributed by atoms with Crippen LogP contribution >= 0.6 is 45.2 Å². The quantitative estimate of drug-likeness (QED) is 0.300. The van der Waals surface area contributed by atoms with E-state index in [1.54, 1.807) is 0 Å². The van der Waals surface area contributed by atoms with Crippen LogP contribution in [0.3, 0.4) is 0 Å². The van der Waals surface area contributed by atoms with Gasteiger partial charge in [0.1, 0.15) is 0 Å². The number of hydrogen-bond donors (Lipinski definition) is 0. The number of hydrogen-bond acceptors (Lipinski definition) is 2. The number of rotatable bonds is 4. The van der Waals surface area contributed by atoms with Crippen LogP contribution in [-0.4, -0.2) is 6.29 Å². The maximum Gasteiger partial charge on any atom is 0.152 e. The average Bonchev–Trinajstić information content (AvgIpc) is 2.59. The second-order valence-electron chi connectivity index (χ2n) is 4.96. The number of aldehydes is 1. The van der Waals surface area contributed by atoms with E-state index in [0.29, 0.717) is 5.56 Å². The highest BCUT2D eigenvalue weighted by Crippen LogP contribution is 2.36. The van der Waals surface area contributed by atoms with Crippen LogP contribution < -0.4 is 4.90 Å². The summed E-state index contributed by atoms with van der Waals surface area (Å²) in [6.45, 7) is 0. The fourth-order valence-electron chi connectivity index (χ4n) is 2.40.